The zero-order chi connectivity index (χ0) is 12.3. The van der Waals surface area contributed by atoms with E-state index in [0.717, 1.165) is 11.8 Å². The van der Waals surface area contributed by atoms with Crippen LogP contribution in [-0.2, 0) is 10.2 Å². The molecule has 4 unspecified atom stereocenters. The Kier molecular flexibility index (Phi) is 1.98. The van der Waals surface area contributed by atoms with Crippen LogP contribution < -0.4 is 5.73 Å². The molecule has 0 radical (unpaired) electrons. The van der Waals surface area contributed by atoms with E-state index >= 15 is 0 Å². The smallest absolute Gasteiger partial charge is 0.218 e. The van der Waals surface area contributed by atoms with Crippen molar-refractivity contribution in [3.8, 4) is 0 Å². The van der Waals surface area contributed by atoms with E-state index < -0.39 is 0 Å². The molecule has 1 aromatic rings. The van der Waals surface area contributed by atoms with Gasteiger partial charge in [-0.2, -0.15) is 0 Å². The van der Waals surface area contributed by atoms with Crippen LogP contribution in [0.5, 0.6) is 0 Å². The van der Waals surface area contributed by atoms with Gasteiger partial charge in [-0.05, 0) is 48.5 Å². The zero-order valence-electron chi connectivity index (χ0n) is 10.5. The summed E-state index contributed by atoms with van der Waals surface area (Å²) in [5.41, 5.74) is 7.02. The molecule has 4 atom stereocenters. The largest absolute Gasteiger partial charge is 0.370 e. The van der Waals surface area contributed by atoms with E-state index in [0.29, 0.717) is 18.3 Å². The topological polar surface area (TPSA) is 43.1 Å². The Balaban J connectivity index is 1.84. The molecule has 4 aliphatic rings. The van der Waals surface area contributed by atoms with Crippen molar-refractivity contribution < 1.29 is 4.79 Å². The van der Waals surface area contributed by atoms with Gasteiger partial charge in [0.15, 0.2) is 0 Å². The van der Waals surface area contributed by atoms with Crippen molar-refractivity contribution >= 4 is 5.91 Å². The summed E-state index contributed by atoms with van der Waals surface area (Å²) in [6.45, 7) is 0. The number of carbonyl (C=O) groups excluding carboxylic acids is 1. The van der Waals surface area contributed by atoms with Gasteiger partial charge in [0.25, 0.3) is 0 Å². The fourth-order valence-corrected chi connectivity index (χ4v) is 5.64. The normalized spacial score (nSPS) is 43.8. The molecule has 2 N–H and O–H groups in total. The molecule has 2 nitrogen and oxygen atoms in total. The van der Waals surface area contributed by atoms with Crippen LogP contribution in [0.4, 0.5) is 0 Å². The monoisotopic (exact) mass is 241 g/mol. The van der Waals surface area contributed by atoms with Gasteiger partial charge in [0, 0.05) is 11.8 Å². The highest BCUT2D eigenvalue weighted by atomic mass is 16.1. The Hall–Kier alpha value is -1.31. The third kappa shape index (κ3) is 1.12. The molecule has 4 bridgehead atoms. The summed E-state index contributed by atoms with van der Waals surface area (Å²) in [5.74, 6) is 3.01. The van der Waals surface area contributed by atoms with E-state index in [9.17, 15) is 4.79 Å². The van der Waals surface area contributed by atoms with Crippen LogP contribution in [-0.4, -0.2) is 5.91 Å². The van der Waals surface area contributed by atoms with Gasteiger partial charge in [0.2, 0.25) is 5.91 Å². The fourth-order valence-electron chi connectivity index (χ4n) is 5.64. The van der Waals surface area contributed by atoms with Crippen LogP contribution in [0.3, 0.4) is 0 Å². The van der Waals surface area contributed by atoms with Crippen molar-refractivity contribution in [1.29, 1.82) is 0 Å². The molecule has 4 saturated carbocycles. The Labute approximate surface area is 108 Å². The summed E-state index contributed by atoms with van der Waals surface area (Å²) in [4.78, 5) is 11.6. The molecule has 4 aliphatic carbocycles. The molecule has 0 spiro atoms. The number of benzene rings is 1. The van der Waals surface area contributed by atoms with Crippen LogP contribution in [0, 0.1) is 23.7 Å². The molecular weight excluding hydrogens is 222 g/mol. The van der Waals surface area contributed by atoms with E-state index in [1.54, 1.807) is 0 Å². The second-order valence-corrected chi connectivity index (χ2v) is 6.49. The van der Waals surface area contributed by atoms with E-state index in [1.807, 2.05) is 0 Å². The Bertz CT molecular complexity index is 479. The van der Waals surface area contributed by atoms with Crippen molar-refractivity contribution in [2.24, 2.45) is 29.4 Å². The number of rotatable bonds is 3. The molecule has 1 amide bonds. The number of nitrogens with two attached hydrogens (primary N) is 1. The summed E-state index contributed by atoms with van der Waals surface area (Å²) in [6.07, 6.45) is 4.62. The number of hydrogen-bond donors (Lipinski definition) is 1. The lowest BCUT2D eigenvalue weighted by molar-refractivity contribution is -0.120. The van der Waals surface area contributed by atoms with Gasteiger partial charge in [-0.25, -0.2) is 0 Å². The van der Waals surface area contributed by atoms with Crippen molar-refractivity contribution in [3.63, 3.8) is 0 Å². The van der Waals surface area contributed by atoms with Gasteiger partial charge in [-0.1, -0.05) is 30.3 Å². The summed E-state index contributed by atoms with van der Waals surface area (Å²) in [6, 6.07) is 10.7. The molecular formula is C16H19NO. The van der Waals surface area contributed by atoms with Gasteiger partial charge in [-0.15, -0.1) is 0 Å². The van der Waals surface area contributed by atoms with Crippen LogP contribution in [0.25, 0.3) is 0 Å². The molecule has 1 aromatic carbocycles. The first-order valence-corrected chi connectivity index (χ1v) is 7.05. The molecule has 0 heterocycles. The predicted molar refractivity (Wildman–Crippen MR) is 69.7 cm³/mol. The Morgan fingerprint density at radius 1 is 1.11 bits per heavy atom. The minimum Gasteiger partial charge on any atom is -0.370 e. The highest BCUT2D eigenvalue weighted by molar-refractivity contribution is 5.76. The lowest BCUT2D eigenvalue weighted by atomic mass is 9.66. The SMILES string of the molecule is NC(=O)CC1(c2ccccc2)C2CC3CC2CC31. The van der Waals surface area contributed by atoms with E-state index in [-0.39, 0.29) is 11.3 Å². The van der Waals surface area contributed by atoms with E-state index in [2.05, 4.69) is 30.3 Å². The maximum absolute atomic E-state index is 11.6. The molecule has 0 saturated heterocycles. The average molecular weight is 241 g/mol. The molecule has 4 fully saturated rings. The number of primary amides is 1. The second-order valence-electron chi connectivity index (χ2n) is 6.49. The standard InChI is InChI=1S/C16H19NO/c17-15(18)9-16(12-4-2-1-3-5-12)13-7-10-6-11(13)8-14(10)16/h1-5,10-11,13-14H,6-9H2,(H2,17,18). The van der Waals surface area contributed by atoms with Crippen molar-refractivity contribution in [3.05, 3.63) is 35.9 Å². The lowest BCUT2D eigenvalue weighted by Gasteiger charge is -2.37. The molecule has 0 aromatic heterocycles. The van der Waals surface area contributed by atoms with Gasteiger partial charge in [0.05, 0.1) is 0 Å². The van der Waals surface area contributed by atoms with E-state index in [4.69, 9.17) is 5.73 Å². The molecule has 0 aliphatic heterocycles. The molecule has 94 valence electrons. The van der Waals surface area contributed by atoms with Gasteiger partial charge >= 0.3 is 0 Å². The molecule has 2 heteroatoms. The highest BCUT2D eigenvalue weighted by Crippen LogP contribution is 2.72. The number of amides is 1. The van der Waals surface area contributed by atoms with Gasteiger partial charge < -0.3 is 5.73 Å². The summed E-state index contributed by atoms with van der Waals surface area (Å²) >= 11 is 0. The number of carbonyl (C=O) groups is 1. The maximum atomic E-state index is 11.6. The van der Waals surface area contributed by atoms with Gasteiger partial charge in [0.1, 0.15) is 0 Å². The van der Waals surface area contributed by atoms with Crippen LogP contribution in [0.15, 0.2) is 30.3 Å². The second kappa shape index (κ2) is 3.37. The molecule has 18 heavy (non-hydrogen) atoms. The first kappa shape index (κ1) is 10.6. The van der Waals surface area contributed by atoms with Crippen molar-refractivity contribution in [2.45, 2.75) is 31.1 Å². The predicted octanol–water partition coefficient (Wildman–Crippen LogP) is 2.48. The maximum Gasteiger partial charge on any atom is 0.218 e. The lowest BCUT2D eigenvalue weighted by Crippen LogP contribution is -2.39. The van der Waals surface area contributed by atoms with Gasteiger partial charge in [-0.3, -0.25) is 4.79 Å². The quantitative estimate of drug-likeness (QED) is 0.868. The van der Waals surface area contributed by atoms with Crippen LogP contribution >= 0.6 is 0 Å². The van der Waals surface area contributed by atoms with Crippen LogP contribution in [0.1, 0.15) is 31.2 Å². The summed E-state index contributed by atoms with van der Waals surface area (Å²) in [5, 5.41) is 0. The van der Waals surface area contributed by atoms with Crippen molar-refractivity contribution in [2.75, 3.05) is 0 Å². The van der Waals surface area contributed by atoms with Crippen LogP contribution in [0.2, 0.25) is 0 Å². The molecule has 5 rings (SSSR count). The highest BCUT2D eigenvalue weighted by Gasteiger charge is 2.68. The third-order valence-corrected chi connectivity index (χ3v) is 5.96. The Morgan fingerprint density at radius 3 is 2.22 bits per heavy atom. The average Bonchev–Trinajstić information content (AvgIpc) is 3.07. The fraction of sp³-hybridized carbons (Fsp3) is 0.562. The zero-order valence-corrected chi connectivity index (χ0v) is 10.5. The number of hydrogen-bond acceptors (Lipinski definition) is 1. The first-order chi connectivity index (χ1) is 8.72. The summed E-state index contributed by atoms with van der Waals surface area (Å²) in [7, 11) is 0. The summed E-state index contributed by atoms with van der Waals surface area (Å²) < 4.78 is 0. The van der Waals surface area contributed by atoms with Crippen molar-refractivity contribution in [1.82, 2.24) is 0 Å². The first-order valence-electron chi connectivity index (χ1n) is 7.05. The third-order valence-electron chi connectivity index (χ3n) is 5.96. The Morgan fingerprint density at radius 2 is 1.72 bits per heavy atom. The minimum absolute atomic E-state index is 0.0840. The van der Waals surface area contributed by atoms with E-state index in [1.165, 1.54) is 24.8 Å². The minimum atomic E-state index is -0.128.